The minimum absolute atomic E-state index is 0.135. The number of carbonyl (C=O) groups is 1. The molecule has 0 saturated carbocycles. The average molecular weight is 384 g/mol. The molecule has 3 nitrogen and oxygen atoms in total. The standard InChI is InChI=1S/C12H9Cl2F6NO2/c1-2-10(11(15,16)17,12(18,19)20)21-9(22)23-8-4-3-6(13)5-7(8)14/h3-5H,2H2,1H3,(H,21,22). The third-order valence-corrected chi connectivity index (χ3v) is 3.44. The predicted octanol–water partition coefficient (Wildman–Crippen LogP) is 5.36. The number of hydrogen-bond acceptors (Lipinski definition) is 2. The maximum atomic E-state index is 12.9. The third-order valence-electron chi connectivity index (χ3n) is 2.91. The molecule has 0 aromatic heterocycles. The summed E-state index contributed by atoms with van der Waals surface area (Å²) < 4.78 is 81.6. The fraction of sp³-hybridized carbons (Fsp3) is 0.417. The molecule has 1 amide bonds. The fourth-order valence-corrected chi connectivity index (χ4v) is 2.10. The van der Waals surface area contributed by atoms with Crippen molar-refractivity contribution in [1.82, 2.24) is 5.32 Å². The van der Waals surface area contributed by atoms with E-state index in [-0.39, 0.29) is 10.0 Å². The van der Waals surface area contributed by atoms with E-state index in [1.807, 2.05) is 0 Å². The first-order valence-electron chi connectivity index (χ1n) is 5.92. The van der Waals surface area contributed by atoms with Crippen LogP contribution < -0.4 is 10.1 Å². The van der Waals surface area contributed by atoms with E-state index in [4.69, 9.17) is 23.2 Å². The van der Waals surface area contributed by atoms with Crippen LogP contribution in [0.15, 0.2) is 18.2 Å². The Morgan fingerprint density at radius 2 is 1.65 bits per heavy atom. The lowest BCUT2D eigenvalue weighted by Gasteiger charge is -2.36. The molecule has 0 aliphatic heterocycles. The molecule has 0 unspecified atom stereocenters. The molecule has 0 spiro atoms. The first kappa shape index (κ1) is 19.7. The maximum absolute atomic E-state index is 12.9. The number of halogens is 8. The van der Waals surface area contributed by atoms with Crippen LogP contribution in [0.3, 0.4) is 0 Å². The molecule has 23 heavy (non-hydrogen) atoms. The Balaban J connectivity index is 3.07. The van der Waals surface area contributed by atoms with E-state index >= 15 is 0 Å². The molecule has 130 valence electrons. The number of nitrogens with one attached hydrogen (secondary N) is 1. The molecule has 0 saturated heterocycles. The normalized spacial score (nSPS) is 12.9. The topological polar surface area (TPSA) is 38.3 Å². The van der Waals surface area contributed by atoms with Gasteiger partial charge in [0.1, 0.15) is 0 Å². The minimum atomic E-state index is -5.77. The molecule has 0 heterocycles. The molecular weight excluding hydrogens is 375 g/mol. The van der Waals surface area contributed by atoms with Gasteiger partial charge in [-0.1, -0.05) is 30.1 Å². The number of ether oxygens (including phenoxy) is 1. The fourth-order valence-electron chi connectivity index (χ4n) is 1.65. The monoisotopic (exact) mass is 383 g/mol. The highest BCUT2D eigenvalue weighted by molar-refractivity contribution is 6.35. The molecule has 0 radical (unpaired) electrons. The van der Waals surface area contributed by atoms with E-state index in [1.54, 1.807) is 0 Å². The quantitative estimate of drug-likeness (QED) is 0.714. The van der Waals surface area contributed by atoms with Gasteiger partial charge in [0, 0.05) is 5.02 Å². The first-order chi connectivity index (χ1) is 10.3. The van der Waals surface area contributed by atoms with Crippen LogP contribution in [0.1, 0.15) is 13.3 Å². The summed E-state index contributed by atoms with van der Waals surface area (Å²) in [5.41, 5.74) is -4.43. The lowest BCUT2D eigenvalue weighted by Crippen LogP contribution is -2.67. The summed E-state index contributed by atoms with van der Waals surface area (Å²) in [5.74, 6) is -0.442. The summed E-state index contributed by atoms with van der Waals surface area (Å²) in [6, 6.07) is 3.32. The third kappa shape index (κ3) is 4.14. The van der Waals surface area contributed by atoms with E-state index in [0.717, 1.165) is 17.4 Å². The Labute approximate surface area is 136 Å². The second-order valence-corrected chi connectivity index (χ2v) is 5.19. The van der Waals surface area contributed by atoms with Gasteiger partial charge in [0.2, 0.25) is 5.54 Å². The van der Waals surface area contributed by atoms with Crippen LogP contribution in [-0.2, 0) is 0 Å². The van der Waals surface area contributed by atoms with Gasteiger partial charge in [-0.05, 0) is 24.6 Å². The summed E-state index contributed by atoms with van der Waals surface area (Å²) in [7, 11) is 0. The molecule has 0 atom stereocenters. The van der Waals surface area contributed by atoms with Crippen LogP contribution in [0.2, 0.25) is 10.0 Å². The Morgan fingerprint density at radius 1 is 1.13 bits per heavy atom. The zero-order chi connectivity index (χ0) is 18.1. The van der Waals surface area contributed by atoms with Crippen molar-refractivity contribution in [3.05, 3.63) is 28.2 Å². The molecular formula is C12H9Cl2F6NO2. The SMILES string of the molecule is CCC(NC(=O)Oc1ccc(Cl)cc1Cl)(C(F)(F)F)C(F)(F)F. The van der Waals surface area contributed by atoms with Gasteiger partial charge in [0.15, 0.2) is 5.75 Å². The Bertz CT molecular complexity index is 574. The number of alkyl halides is 6. The summed E-state index contributed by atoms with van der Waals surface area (Å²) >= 11 is 11.2. The van der Waals surface area contributed by atoms with Gasteiger partial charge in [-0.3, -0.25) is 5.32 Å². The zero-order valence-corrected chi connectivity index (χ0v) is 12.8. The maximum Gasteiger partial charge on any atom is 0.420 e. The highest BCUT2D eigenvalue weighted by Crippen LogP contribution is 2.45. The van der Waals surface area contributed by atoms with Gasteiger partial charge in [-0.2, -0.15) is 26.3 Å². The van der Waals surface area contributed by atoms with Crippen molar-refractivity contribution in [2.45, 2.75) is 31.2 Å². The molecule has 0 aliphatic carbocycles. The van der Waals surface area contributed by atoms with Crippen molar-refractivity contribution >= 4 is 29.3 Å². The van der Waals surface area contributed by atoms with E-state index in [2.05, 4.69) is 4.74 Å². The van der Waals surface area contributed by atoms with Gasteiger partial charge < -0.3 is 4.74 Å². The minimum Gasteiger partial charge on any atom is -0.409 e. The summed E-state index contributed by atoms with van der Waals surface area (Å²) in [6.45, 7) is 0.635. The Morgan fingerprint density at radius 3 is 2.04 bits per heavy atom. The van der Waals surface area contributed by atoms with Gasteiger partial charge >= 0.3 is 18.4 Å². The molecule has 0 bridgehead atoms. The molecule has 0 fully saturated rings. The first-order valence-corrected chi connectivity index (χ1v) is 6.68. The van der Waals surface area contributed by atoms with Gasteiger partial charge in [0.05, 0.1) is 5.02 Å². The van der Waals surface area contributed by atoms with Crippen LogP contribution >= 0.6 is 23.2 Å². The smallest absolute Gasteiger partial charge is 0.409 e. The van der Waals surface area contributed by atoms with Crippen molar-refractivity contribution in [2.75, 3.05) is 0 Å². The van der Waals surface area contributed by atoms with Crippen LogP contribution in [-0.4, -0.2) is 24.0 Å². The lowest BCUT2D eigenvalue weighted by atomic mass is 9.94. The lowest BCUT2D eigenvalue weighted by molar-refractivity contribution is -0.305. The molecule has 1 rings (SSSR count). The predicted molar refractivity (Wildman–Crippen MR) is 70.8 cm³/mol. The zero-order valence-electron chi connectivity index (χ0n) is 11.3. The molecule has 1 aromatic rings. The largest absolute Gasteiger partial charge is 0.420 e. The number of rotatable bonds is 3. The highest BCUT2D eigenvalue weighted by Gasteiger charge is 2.70. The van der Waals surface area contributed by atoms with E-state index in [0.29, 0.717) is 6.92 Å². The van der Waals surface area contributed by atoms with Gasteiger partial charge in [-0.25, -0.2) is 4.79 Å². The van der Waals surface area contributed by atoms with Crippen LogP contribution in [0.25, 0.3) is 0 Å². The van der Waals surface area contributed by atoms with Crippen LogP contribution in [0, 0.1) is 0 Å². The van der Waals surface area contributed by atoms with Crippen molar-refractivity contribution in [1.29, 1.82) is 0 Å². The highest BCUT2D eigenvalue weighted by atomic mass is 35.5. The Kier molecular flexibility index (Phi) is 5.69. The number of carbonyl (C=O) groups excluding carboxylic acids is 1. The van der Waals surface area contributed by atoms with Crippen molar-refractivity contribution in [3.8, 4) is 5.75 Å². The number of amides is 1. The van der Waals surface area contributed by atoms with E-state index in [9.17, 15) is 31.1 Å². The van der Waals surface area contributed by atoms with Crippen molar-refractivity contribution in [3.63, 3.8) is 0 Å². The molecule has 0 aliphatic rings. The number of benzene rings is 1. The summed E-state index contributed by atoms with van der Waals surface area (Å²) in [4.78, 5) is 11.5. The van der Waals surface area contributed by atoms with E-state index in [1.165, 1.54) is 6.07 Å². The Hall–Kier alpha value is -1.35. The van der Waals surface area contributed by atoms with Crippen molar-refractivity contribution in [2.24, 2.45) is 0 Å². The van der Waals surface area contributed by atoms with Gasteiger partial charge in [0.25, 0.3) is 0 Å². The van der Waals surface area contributed by atoms with Gasteiger partial charge in [-0.15, -0.1) is 0 Å². The van der Waals surface area contributed by atoms with Crippen LogP contribution in [0.5, 0.6) is 5.75 Å². The summed E-state index contributed by atoms with van der Waals surface area (Å²) in [5, 5.41) is 0.727. The molecule has 11 heteroatoms. The summed E-state index contributed by atoms with van der Waals surface area (Å²) in [6.07, 6.45) is -15.0. The number of hydrogen-bond donors (Lipinski definition) is 1. The van der Waals surface area contributed by atoms with E-state index < -0.39 is 36.2 Å². The molecule has 1 N–H and O–H groups in total. The molecule has 1 aromatic carbocycles. The van der Waals surface area contributed by atoms with Crippen LogP contribution in [0.4, 0.5) is 31.1 Å². The van der Waals surface area contributed by atoms with Crippen molar-refractivity contribution < 1.29 is 35.9 Å². The second-order valence-electron chi connectivity index (χ2n) is 4.34. The second kappa shape index (κ2) is 6.64. The average Bonchev–Trinajstić information content (AvgIpc) is 2.36.